The Morgan fingerprint density at radius 3 is 2.42 bits per heavy atom. The van der Waals surface area contributed by atoms with Gasteiger partial charge in [0.2, 0.25) is 0 Å². The maximum Gasteiger partial charge on any atom is 0.406 e. The third kappa shape index (κ3) is 7.95. The van der Waals surface area contributed by atoms with Crippen LogP contribution in [-0.2, 0) is 9.47 Å². The van der Waals surface area contributed by atoms with Crippen LogP contribution in [0.1, 0.15) is 66.6 Å². The number of methoxy groups -OCH3 is 1. The van der Waals surface area contributed by atoms with E-state index in [0.29, 0.717) is 16.5 Å². The summed E-state index contributed by atoms with van der Waals surface area (Å²) in [5.74, 6) is 0.460. The maximum atomic E-state index is 13.2. The second kappa shape index (κ2) is 14.2. The van der Waals surface area contributed by atoms with E-state index in [9.17, 15) is 9.59 Å². The Hall–Kier alpha value is -2.61. The lowest BCUT2D eigenvalue weighted by Gasteiger charge is -2.34. The van der Waals surface area contributed by atoms with Crippen LogP contribution >= 0.6 is 11.6 Å². The third-order valence-electron chi connectivity index (χ3n) is 6.83. The lowest BCUT2D eigenvalue weighted by atomic mass is 9.81. The van der Waals surface area contributed by atoms with Gasteiger partial charge in [0, 0.05) is 29.2 Å². The van der Waals surface area contributed by atoms with Gasteiger partial charge in [0.05, 0.1) is 13.7 Å². The molecule has 2 amide bonds. The molecule has 0 aromatic heterocycles. The van der Waals surface area contributed by atoms with Gasteiger partial charge in [-0.25, -0.2) is 4.79 Å². The molecule has 196 valence electrons. The third-order valence-corrected chi connectivity index (χ3v) is 7.07. The molecule has 0 saturated heterocycles. The summed E-state index contributed by atoms with van der Waals surface area (Å²) >= 11 is 6.25. The van der Waals surface area contributed by atoms with Crippen LogP contribution in [0.15, 0.2) is 48.5 Å². The highest BCUT2D eigenvalue weighted by molar-refractivity contribution is 6.30. The average Bonchev–Trinajstić information content (AvgIpc) is 2.89. The molecule has 36 heavy (non-hydrogen) atoms. The molecule has 0 radical (unpaired) electrons. The van der Waals surface area contributed by atoms with Gasteiger partial charge < -0.3 is 25.4 Å². The molecule has 1 saturated carbocycles. The molecule has 8 heteroatoms. The first-order valence-corrected chi connectivity index (χ1v) is 13.1. The Morgan fingerprint density at radius 1 is 1.06 bits per heavy atom. The van der Waals surface area contributed by atoms with Crippen LogP contribution in [0.25, 0.3) is 0 Å². The van der Waals surface area contributed by atoms with Crippen molar-refractivity contribution in [2.75, 3.05) is 27.3 Å². The second-order valence-corrected chi connectivity index (χ2v) is 9.76. The number of likely N-dealkylation sites (N-methyl/N-ethyl adjacent to an activating group) is 1. The molecule has 0 aliphatic heterocycles. The normalized spacial score (nSPS) is 16.6. The summed E-state index contributed by atoms with van der Waals surface area (Å²) in [7, 11) is 3.29. The van der Waals surface area contributed by atoms with Crippen LogP contribution in [-0.4, -0.2) is 51.4 Å². The fraction of sp³-hybridized carbons (Fsp3) is 0.500. The molecule has 0 heterocycles. The SMILES string of the molecule is CN[C@H](C1CCCCC1)C(C)NC(=O)c1cccc(C(OCCNC(=O)OC)c2cccc(Cl)c2)c1. The second-order valence-electron chi connectivity index (χ2n) is 9.32. The van der Waals surface area contributed by atoms with E-state index in [1.54, 1.807) is 6.07 Å². The number of carbonyl (C=O) groups excluding carboxylic acids is 2. The molecule has 0 spiro atoms. The van der Waals surface area contributed by atoms with Crippen molar-refractivity contribution in [1.82, 2.24) is 16.0 Å². The highest BCUT2D eigenvalue weighted by Gasteiger charge is 2.28. The Labute approximate surface area is 219 Å². The highest BCUT2D eigenvalue weighted by atomic mass is 35.5. The zero-order chi connectivity index (χ0) is 25.9. The van der Waals surface area contributed by atoms with E-state index in [1.807, 2.05) is 49.5 Å². The Morgan fingerprint density at radius 2 is 1.75 bits per heavy atom. The quantitative estimate of drug-likeness (QED) is 0.363. The van der Waals surface area contributed by atoms with Gasteiger partial charge in [0.15, 0.2) is 0 Å². The smallest absolute Gasteiger partial charge is 0.406 e. The van der Waals surface area contributed by atoms with Crippen LogP contribution in [0.2, 0.25) is 5.02 Å². The minimum absolute atomic E-state index is 0.00127. The molecule has 2 aromatic carbocycles. The summed E-state index contributed by atoms with van der Waals surface area (Å²) in [5.41, 5.74) is 2.26. The van der Waals surface area contributed by atoms with Crippen LogP contribution in [0, 0.1) is 5.92 Å². The number of nitrogens with one attached hydrogen (secondary N) is 3. The van der Waals surface area contributed by atoms with Gasteiger partial charge in [-0.3, -0.25) is 4.79 Å². The molecule has 3 rings (SSSR count). The van der Waals surface area contributed by atoms with Crippen LogP contribution in [0.5, 0.6) is 0 Å². The fourth-order valence-corrected chi connectivity index (χ4v) is 5.27. The van der Waals surface area contributed by atoms with Gasteiger partial charge in [0.25, 0.3) is 5.91 Å². The van der Waals surface area contributed by atoms with Gasteiger partial charge in [-0.1, -0.05) is 55.1 Å². The lowest BCUT2D eigenvalue weighted by Crippen LogP contribution is -2.51. The molecule has 3 N–H and O–H groups in total. The Balaban J connectivity index is 1.74. The molecule has 7 nitrogen and oxygen atoms in total. The van der Waals surface area contributed by atoms with Crippen LogP contribution < -0.4 is 16.0 Å². The molecule has 2 aromatic rings. The number of hydrogen-bond donors (Lipinski definition) is 3. The Bertz CT molecular complexity index is 996. The van der Waals surface area contributed by atoms with Gasteiger partial charge in [-0.15, -0.1) is 0 Å². The van der Waals surface area contributed by atoms with Crippen molar-refractivity contribution in [1.29, 1.82) is 0 Å². The monoisotopic (exact) mass is 515 g/mol. The van der Waals surface area contributed by atoms with E-state index in [4.69, 9.17) is 16.3 Å². The number of benzene rings is 2. The van der Waals surface area contributed by atoms with E-state index >= 15 is 0 Å². The fourth-order valence-electron chi connectivity index (χ4n) is 5.07. The predicted molar refractivity (Wildman–Crippen MR) is 142 cm³/mol. The number of rotatable bonds is 11. The van der Waals surface area contributed by atoms with Gasteiger partial charge in [0.1, 0.15) is 6.10 Å². The number of hydrogen-bond acceptors (Lipinski definition) is 5. The van der Waals surface area contributed by atoms with Crippen LogP contribution in [0.3, 0.4) is 0 Å². The molecule has 0 bridgehead atoms. The first-order valence-electron chi connectivity index (χ1n) is 12.7. The number of halogens is 1. The number of carbonyl (C=O) groups is 2. The first kappa shape index (κ1) is 28.0. The summed E-state index contributed by atoms with van der Waals surface area (Å²) in [5, 5.41) is 9.85. The topological polar surface area (TPSA) is 88.7 Å². The minimum Gasteiger partial charge on any atom is -0.453 e. The zero-order valence-electron chi connectivity index (χ0n) is 21.4. The molecule has 2 unspecified atom stereocenters. The van der Waals surface area contributed by atoms with Crippen molar-refractivity contribution in [3.05, 3.63) is 70.2 Å². The summed E-state index contributed by atoms with van der Waals surface area (Å²) in [6.45, 7) is 2.61. The van der Waals surface area contributed by atoms with Crippen molar-refractivity contribution < 1.29 is 19.1 Å². The largest absolute Gasteiger partial charge is 0.453 e. The van der Waals surface area contributed by atoms with Crippen molar-refractivity contribution in [2.24, 2.45) is 5.92 Å². The van der Waals surface area contributed by atoms with Gasteiger partial charge in [-0.05, 0) is 68.1 Å². The van der Waals surface area contributed by atoms with E-state index in [0.717, 1.165) is 11.1 Å². The zero-order valence-corrected chi connectivity index (χ0v) is 22.1. The van der Waals surface area contributed by atoms with E-state index in [2.05, 4.69) is 27.6 Å². The number of alkyl carbamates (subject to hydrolysis) is 1. The summed E-state index contributed by atoms with van der Waals surface area (Å²) in [6.07, 6.45) is 5.24. The van der Waals surface area contributed by atoms with Crippen molar-refractivity contribution in [3.8, 4) is 0 Å². The van der Waals surface area contributed by atoms with E-state index in [1.165, 1.54) is 39.2 Å². The molecule has 1 fully saturated rings. The van der Waals surface area contributed by atoms with Gasteiger partial charge >= 0.3 is 6.09 Å². The highest BCUT2D eigenvalue weighted by Crippen LogP contribution is 2.29. The van der Waals surface area contributed by atoms with E-state index in [-0.39, 0.29) is 31.1 Å². The van der Waals surface area contributed by atoms with Gasteiger partial charge in [-0.2, -0.15) is 0 Å². The lowest BCUT2D eigenvalue weighted by molar-refractivity contribution is 0.0804. The summed E-state index contributed by atoms with van der Waals surface area (Å²) in [4.78, 5) is 24.6. The number of amides is 2. The summed E-state index contributed by atoms with van der Waals surface area (Å²) < 4.78 is 10.8. The average molecular weight is 516 g/mol. The molecule has 1 aliphatic carbocycles. The molecular formula is C28H38ClN3O4. The first-order chi connectivity index (χ1) is 17.4. The van der Waals surface area contributed by atoms with Crippen molar-refractivity contribution in [3.63, 3.8) is 0 Å². The summed E-state index contributed by atoms with van der Waals surface area (Å²) in [6, 6.07) is 15.1. The number of ether oxygens (including phenoxy) is 2. The molecule has 1 aliphatic rings. The Kier molecular flexibility index (Phi) is 11.0. The maximum absolute atomic E-state index is 13.2. The van der Waals surface area contributed by atoms with Crippen LogP contribution in [0.4, 0.5) is 4.79 Å². The van der Waals surface area contributed by atoms with Crippen molar-refractivity contribution in [2.45, 2.75) is 57.2 Å². The minimum atomic E-state index is -0.515. The molecule has 3 atom stereocenters. The van der Waals surface area contributed by atoms with E-state index < -0.39 is 12.2 Å². The van der Waals surface area contributed by atoms with Crippen molar-refractivity contribution >= 4 is 23.6 Å². The standard InChI is InChI=1S/C28H38ClN3O4/c1-19(25(30-2)20-9-5-4-6-10-20)32-27(33)23-13-7-11-21(17-23)26(22-12-8-14-24(29)18-22)36-16-15-31-28(34)35-3/h7-8,11-14,17-20,25-26,30H,4-6,9-10,15-16H2,1-3H3,(H,31,34)(H,32,33)/t19?,25-,26?/m0/s1. The predicted octanol–water partition coefficient (Wildman–Crippen LogP) is 5.09. The molecular weight excluding hydrogens is 478 g/mol.